The van der Waals surface area contributed by atoms with E-state index in [-0.39, 0.29) is 0 Å². The van der Waals surface area contributed by atoms with Crippen molar-refractivity contribution in [1.29, 1.82) is 0 Å². The average molecular weight is 373 g/mol. The minimum atomic E-state index is 0.653. The zero-order valence-electron chi connectivity index (χ0n) is 17.3. The Morgan fingerprint density at radius 1 is 0.929 bits per heavy atom. The van der Waals surface area contributed by atoms with E-state index in [1.807, 2.05) is 6.92 Å². The molecule has 0 aliphatic heterocycles. The van der Waals surface area contributed by atoms with Crippen LogP contribution in [0, 0.1) is 17.8 Å². The molecular weight excluding hydrogens is 340 g/mol. The van der Waals surface area contributed by atoms with Crippen LogP contribution in [-0.4, -0.2) is 6.61 Å². The van der Waals surface area contributed by atoms with Crippen molar-refractivity contribution in [2.45, 2.75) is 58.5 Å². The maximum absolute atomic E-state index is 5.67. The van der Waals surface area contributed by atoms with Gasteiger partial charge in [-0.2, -0.15) is 0 Å². The lowest BCUT2D eigenvalue weighted by atomic mass is 9.78. The highest BCUT2D eigenvalue weighted by atomic mass is 16.5. The summed E-state index contributed by atoms with van der Waals surface area (Å²) in [4.78, 5) is 0. The van der Waals surface area contributed by atoms with E-state index >= 15 is 0 Å². The van der Waals surface area contributed by atoms with Gasteiger partial charge in [0.25, 0.3) is 0 Å². The van der Waals surface area contributed by atoms with Gasteiger partial charge >= 0.3 is 0 Å². The summed E-state index contributed by atoms with van der Waals surface area (Å²) in [5, 5.41) is 0. The first-order chi connectivity index (χ1) is 13.8. The Balaban J connectivity index is 1.54. The molecule has 0 heterocycles. The second-order valence-corrected chi connectivity index (χ2v) is 7.69. The quantitative estimate of drug-likeness (QED) is 0.285. The number of hydrogen-bond acceptors (Lipinski definition) is 1. The lowest BCUT2D eigenvalue weighted by Crippen LogP contribution is -2.11. The molecule has 0 N–H and O–H groups in total. The van der Waals surface area contributed by atoms with E-state index in [2.05, 4.69) is 79.4 Å². The Labute approximate surface area is 170 Å². The SMILES string of the molecule is CC#CCCOCc1ccc(-c2ccc(C3CCC(C=CC)CC3)cc2)cc1. The molecule has 1 fully saturated rings. The van der Waals surface area contributed by atoms with Crippen molar-refractivity contribution < 1.29 is 4.74 Å². The molecule has 1 saturated carbocycles. The molecule has 0 radical (unpaired) electrons. The maximum Gasteiger partial charge on any atom is 0.0717 e. The highest BCUT2D eigenvalue weighted by Crippen LogP contribution is 2.36. The van der Waals surface area contributed by atoms with E-state index in [1.165, 1.54) is 47.9 Å². The van der Waals surface area contributed by atoms with E-state index < -0.39 is 0 Å². The summed E-state index contributed by atoms with van der Waals surface area (Å²) in [6, 6.07) is 18.0. The molecular formula is C27H32O. The third-order valence-electron chi connectivity index (χ3n) is 5.72. The van der Waals surface area contributed by atoms with Crippen LogP contribution in [0.3, 0.4) is 0 Å². The minimum Gasteiger partial charge on any atom is -0.376 e. The molecule has 1 heteroatoms. The monoisotopic (exact) mass is 372 g/mol. The Morgan fingerprint density at radius 2 is 1.57 bits per heavy atom. The second-order valence-electron chi connectivity index (χ2n) is 7.69. The molecule has 0 unspecified atom stereocenters. The summed E-state index contributed by atoms with van der Waals surface area (Å²) in [5.41, 5.74) is 5.27. The molecule has 146 valence electrons. The van der Waals surface area contributed by atoms with Gasteiger partial charge in [0.15, 0.2) is 0 Å². The van der Waals surface area contributed by atoms with Crippen molar-refractivity contribution in [2.24, 2.45) is 5.92 Å². The van der Waals surface area contributed by atoms with E-state index in [0.29, 0.717) is 13.2 Å². The zero-order chi connectivity index (χ0) is 19.6. The average Bonchev–Trinajstić information content (AvgIpc) is 2.75. The molecule has 1 aliphatic carbocycles. The van der Waals surface area contributed by atoms with Crippen LogP contribution < -0.4 is 0 Å². The first-order valence-electron chi connectivity index (χ1n) is 10.6. The smallest absolute Gasteiger partial charge is 0.0717 e. The van der Waals surface area contributed by atoms with Crippen molar-refractivity contribution in [3.63, 3.8) is 0 Å². The van der Waals surface area contributed by atoms with Gasteiger partial charge in [0.1, 0.15) is 0 Å². The number of hydrogen-bond donors (Lipinski definition) is 0. The van der Waals surface area contributed by atoms with Crippen molar-refractivity contribution in [3.05, 3.63) is 71.8 Å². The summed E-state index contributed by atoms with van der Waals surface area (Å²) in [6.45, 7) is 5.34. The fourth-order valence-electron chi connectivity index (χ4n) is 4.10. The molecule has 28 heavy (non-hydrogen) atoms. The number of benzene rings is 2. The molecule has 0 spiro atoms. The van der Waals surface area contributed by atoms with Gasteiger partial charge in [-0.1, -0.05) is 60.7 Å². The van der Waals surface area contributed by atoms with Crippen molar-refractivity contribution in [1.82, 2.24) is 0 Å². The largest absolute Gasteiger partial charge is 0.376 e. The fraction of sp³-hybridized carbons (Fsp3) is 0.407. The molecule has 0 bridgehead atoms. The number of ether oxygens (including phenoxy) is 1. The molecule has 0 saturated heterocycles. The lowest BCUT2D eigenvalue weighted by molar-refractivity contribution is 0.126. The summed E-state index contributed by atoms with van der Waals surface area (Å²) in [7, 11) is 0. The Hall–Kier alpha value is -2.30. The predicted octanol–water partition coefficient (Wildman–Crippen LogP) is 7.13. The van der Waals surface area contributed by atoms with E-state index in [0.717, 1.165) is 18.3 Å². The molecule has 2 aromatic rings. The minimum absolute atomic E-state index is 0.653. The third kappa shape index (κ3) is 5.85. The summed E-state index contributed by atoms with van der Waals surface area (Å²) in [6.07, 6.45) is 10.7. The molecule has 3 rings (SSSR count). The zero-order valence-corrected chi connectivity index (χ0v) is 17.3. The highest BCUT2D eigenvalue weighted by molar-refractivity contribution is 5.64. The van der Waals surface area contributed by atoms with Crippen LogP contribution in [0.4, 0.5) is 0 Å². The molecule has 1 nitrogen and oxygen atoms in total. The lowest BCUT2D eigenvalue weighted by Gasteiger charge is -2.27. The van der Waals surface area contributed by atoms with E-state index in [9.17, 15) is 0 Å². The van der Waals surface area contributed by atoms with Gasteiger partial charge < -0.3 is 4.74 Å². The highest BCUT2D eigenvalue weighted by Gasteiger charge is 2.20. The Kier molecular flexibility index (Phi) is 7.94. The van der Waals surface area contributed by atoms with Crippen molar-refractivity contribution in [3.8, 4) is 23.0 Å². The Morgan fingerprint density at radius 3 is 2.18 bits per heavy atom. The molecule has 0 amide bonds. The number of allylic oxidation sites excluding steroid dienone is 2. The second kappa shape index (κ2) is 10.9. The van der Waals surface area contributed by atoms with Crippen LogP contribution in [0.25, 0.3) is 11.1 Å². The normalized spacial score (nSPS) is 19.4. The van der Waals surface area contributed by atoms with Crippen molar-refractivity contribution >= 4 is 0 Å². The topological polar surface area (TPSA) is 9.23 Å². The first-order valence-corrected chi connectivity index (χ1v) is 10.6. The van der Waals surface area contributed by atoms with Crippen LogP contribution in [-0.2, 0) is 11.3 Å². The third-order valence-corrected chi connectivity index (χ3v) is 5.72. The number of rotatable bonds is 7. The van der Waals surface area contributed by atoms with Gasteiger partial charge in [-0.15, -0.1) is 11.8 Å². The van der Waals surface area contributed by atoms with Crippen LogP contribution in [0.15, 0.2) is 60.7 Å². The summed E-state index contributed by atoms with van der Waals surface area (Å²) < 4.78 is 5.67. The van der Waals surface area contributed by atoms with Gasteiger partial charge in [-0.25, -0.2) is 0 Å². The predicted molar refractivity (Wildman–Crippen MR) is 119 cm³/mol. The van der Waals surface area contributed by atoms with Gasteiger partial charge in [0.05, 0.1) is 13.2 Å². The van der Waals surface area contributed by atoms with E-state index in [1.54, 1.807) is 0 Å². The van der Waals surface area contributed by atoms with Crippen LogP contribution in [0.2, 0.25) is 0 Å². The molecule has 1 aliphatic rings. The van der Waals surface area contributed by atoms with E-state index in [4.69, 9.17) is 4.74 Å². The summed E-state index contributed by atoms with van der Waals surface area (Å²) in [5.74, 6) is 7.44. The Bertz CT molecular complexity index is 794. The van der Waals surface area contributed by atoms with Gasteiger partial charge in [0.2, 0.25) is 0 Å². The maximum atomic E-state index is 5.67. The first kappa shape index (κ1) is 20.4. The van der Waals surface area contributed by atoms with Gasteiger partial charge in [-0.3, -0.25) is 0 Å². The molecule has 0 atom stereocenters. The van der Waals surface area contributed by atoms with Gasteiger partial charge in [-0.05, 0) is 73.6 Å². The molecule has 0 aromatic heterocycles. The summed E-state index contributed by atoms with van der Waals surface area (Å²) >= 11 is 0. The van der Waals surface area contributed by atoms with Gasteiger partial charge in [0, 0.05) is 6.42 Å². The van der Waals surface area contributed by atoms with Crippen molar-refractivity contribution in [2.75, 3.05) is 6.61 Å². The van der Waals surface area contributed by atoms with Crippen LogP contribution >= 0.6 is 0 Å². The molecule has 2 aromatic carbocycles. The standard InChI is InChI=1S/C27H32O/c1-3-5-6-20-28-21-23-10-14-25(15-11-23)27-18-16-26(17-19-27)24-12-8-22(7-4-2)9-13-24/h4,7,10-11,14-19,22,24H,6,8-9,12-13,20-21H2,1-2H3. The van der Waals surface area contributed by atoms with Crippen LogP contribution in [0.5, 0.6) is 0 Å². The fourth-order valence-corrected chi connectivity index (χ4v) is 4.10. The van der Waals surface area contributed by atoms with Crippen LogP contribution in [0.1, 0.15) is 63.0 Å².